The molecular formula is C24H28N4O4. The number of nitrogens with zero attached hydrogens (tertiary/aromatic N) is 3. The first kappa shape index (κ1) is 22.9. The summed E-state index contributed by atoms with van der Waals surface area (Å²) in [5.74, 6) is -0.0140. The van der Waals surface area contributed by atoms with E-state index in [1.807, 2.05) is 42.5 Å². The molecule has 1 aromatic carbocycles. The molecule has 3 rings (SSSR count). The summed E-state index contributed by atoms with van der Waals surface area (Å²) in [5, 5.41) is 0. The molecule has 1 N–H and O–H groups in total. The summed E-state index contributed by atoms with van der Waals surface area (Å²) in [5.41, 5.74) is 1.17. The summed E-state index contributed by atoms with van der Waals surface area (Å²) < 4.78 is 10.6. The third-order valence-corrected chi connectivity index (χ3v) is 5.81. The average Bonchev–Trinajstić information content (AvgIpc) is 3.50. The number of benzene rings is 1. The Kier molecular flexibility index (Phi) is 7.55. The van der Waals surface area contributed by atoms with Gasteiger partial charge in [-0.1, -0.05) is 43.2 Å². The Morgan fingerprint density at radius 1 is 1.12 bits per heavy atom. The molecule has 0 bridgehead atoms. The van der Waals surface area contributed by atoms with Gasteiger partial charge in [0.05, 0.1) is 18.5 Å². The highest BCUT2D eigenvalue weighted by molar-refractivity contribution is 5.83. The molecule has 0 unspecified atom stereocenters. The van der Waals surface area contributed by atoms with Crippen LogP contribution in [-0.2, 0) is 26.2 Å². The second-order valence-electron chi connectivity index (χ2n) is 7.84. The first-order valence-corrected chi connectivity index (χ1v) is 10.5. The Morgan fingerprint density at radius 2 is 1.84 bits per heavy atom. The average molecular weight is 437 g/mol. The summed E-state index contributed by atoms with van der Waals surface area (Å²) in [4.78, 5) is 34.9. The Bertz CT molecular complexity index is 973. The molecule has 0 aliphatic heterocycles. The lowest BCUT2D eigenvalue weighted by atomic mass is 9.79. The van der Waals surface area contributed by atoms with Crippen molar-refractivity contribution in [3.05, 3.63) is 83.4 Å². The second kappa shape index (κ2) is 10.5. The Labute approximate surface area is 188 Å². The molecule has 32 heavy (non-hydrogen) atoms. The number of rotatable bonds is 8. The van der Waals surface area contributed by atoms with Gasteiger partial charge in [-0.3, -0.25) is 9.69 Å². The van der Waals surface area contributed by atoms with Crippen LogP contribution in [0.5, 0.6) is 0 Å². The van der Waals surface area contributed by atoms with Gasteiger partial charge >= 0.3 is 12.1 Å². The molecule has 168 valence electrons. The van der Waals surface area contributed by atoms with Crippen LogP contribution in [0.4, 0.5) is 4.79 Å². The maximum Gasteiger partial charge on any atom is 0.417 e. The minimum Gasteiger partial charge on any atom is -0.427 e. The number of carbonyl (C=O) groups excluding carboxylic acids is 2. The van der Waals surface area contributed by atoms with Crippen LogP contribution in [0.15, 0.2) is 60.7 Å². The predicted molar refractivity (Wildman–Crippen MR) is 119 cm³/mol. The zero-order valence-electron chi connectivity index (χ0n) is 18.4. The lowest BCUT2D eigenvalue weighted by Crippen LogP contribution is -2.37. The summed E-state index contributed by atoms with van der Waals surface area (Å²) in [6.45, 7) is 7.16. The molecule has 1 amide bonds. The molecule has 1 saturated carbocycles. The Balaban J connectivity index is 1.58. The number of carbonyl (C=O) groups is 2. The van der Waals surface area contributed by atoms with E-state index in [1.54, 1.807) is 18.1 Å². The van der Waals surface area contributed by atoms with Crippen LogP contribution in [0.25, 0.3) is 4.85 Å². The molecular weight excluding hydrogens is 408 g/mol. The van der Waals surface area contributed by atoms with Crippen LogP contribution in [0.2, 0.25) is 0 Å². The zero-order valence-corrected chi connectivity index (χ0v) is 18.4. The number of aromatic nitrogens is 1. The first-order valence-electron chi connectivity index (χ1n) is 10.5. The third kappa shape index (κ3) is 5.11. The normalized spacial score (nSPS) is 15.0. The smallest absolute Gasteiger partial charge is 0.417 e. The van der Waals surface area contributed by atoms with Gasteiger partial charge in [-0.2, -0.15) is 0 Å². The first-order chi connectivity index (χ1) is 15.5. The molecule has 8 nitrogen and oxygen atoms in total. The van der Waals surface area contributed by atoms with Crippen molar-refractivity contribution in [2.75, 3.05) is 20.9 Å². The summed E-state index contributed by atoms with van der Waals surface area (Å²) >= 11 is 0. The van der Waals surface area contributed by atoms with Gasteiger partial charge in [0.1, 0.15) is 5.82 Å². The van der Waals surface area contributed by atoms with Gasteiger partial charge in [-0.05, 0) is 30.5 Å². The fraction of sp³-hybridized carbons (Fsp3) is 0.375. The van der Waals surface area contributed by atoms with Crippen LogP contribution >= 0.6 is 0 Å². The zero-order chi connectivity index (χ0) is 23.0. The summed E-state index contributed by atoms with van der Waals surface area (Å²) in [6.07, 6.45) is 5.66. The second-order valence-corrected chi connectivity index (χ2v) is 7.84. The van der Waals surface area contributed by atoms with E-state index in [1.165, 1.54) is 18.1 Å². The third-order valence-electron chi connectivity index (χ3n) is 5.81. The van der Waals surface area contributed by atoms with Gasteiger partial charge < -0.3 is 19.4 Å². The number of nitrogens with one attached hydrogen (secondary N) is 1. The van der Waals surface area contributed by atoms with E-state index in [-0.39, 0.29) is 5.97 Å². The van der Waals surface area contributed by atoms with Gasteiger partial charge in [-0.15, -0.1) is 0 Å². The van der Waals surface area contributed by atoms with Crippen LogP contribution in [0, 0.1) is 6.57 Å². The molecule has 1 aromatic heterocycles. The van der Waals surface area contributed by atoms with E-state index in [0.717, 1.165) is 24.1 Å². The van der Waals surface area contributed by atoms with Crippen molar-refractivity contribution in [1.82, 2.24) is 14.8 Å². The highest BCUT2D eigenvalue weighted by Crippen LogP contribution is 2.42. The highest BCUT2D eigenvalue weighted by atomic mass is 16.7. The SMILES string of the molecule is [C-]#[N+]C=C(N(C)Cc1ccc[nH]1)N(C)C(=O)OCOC(=O)C1(c2ccccc2)CCCC1. The largest absolute Gasteiger partial charge is 0.427 e. The van der Waals surface area contributed by atoms with Crippen molar-refractivity contribution in [2.45, 2.75) is 37.6 Å². The molecule has 2 aromatic rings. The Morgan fingerprint density at radius 3 is 2.47 bits per heavy atom. The molecule has 0 atom stereocenters. The monoisotopic (exact) mass is 436 g/mol. The van der Waals surface area contributed by atoms with E-state index in [4.69, 9.17) is 16.0 Å². The quantitative estimate of drug-likeness (QED) is 0.380. The van der Waals surface area contributed by atoms with Crippen molar-refractivity contribution in [3.63, 3.8) is 0 Å². The molecule has 1 aliphatic rings. The molecule has 1 heterocycles. The predicted octanol–water partition coefficient (Wildman–Crippen LogP) is 4.25. The molecule has 1 aliphatic carbocycles. The number of aromatic amines is 1. The van der Waals surface area contributed by atoms with Crippen LogP contribution in [0.3, 0.4) is 0 Å². The number of hydrogen-bond acceptors (Lipinski definition) is 5. The molecule has 0 radical (unpaired) electrons. The minimum absolute atomic E-state index is 0.363. The van der Waals surface area contributed by atoms with E-state index in [0.29, 0.717) is 25.2 Å². The highest BCUT2D eigenvalue weighted by Gasteiger charge is 2.44. The van der Waals surface area contributed by atoms with Gasteiger partial charge in [0.25, 0.3) is 0 Å². The number of ether oxygens (including phenoxy) is 2. The van der Waals surface area contributed by atoms with Gasteiger partial charge in [0.15, 0.2) is 6.20 Å². The van der Waals surface area contributed by atoms with Gasteiger partial charge in [-0.25, -0.2) is 9.64 Å². The van der Waals surface area contributed by atoms with E-state index in [2.05, 4.69) is 9.83 Å². The minimum atomic E-state index is -0.716. The number of H-pyrrole nitrogens is 1. The lowest BCUT2D eigenvalue weighted by Gasteiger charge is -2.29. The summed E-state index contributed by atoms with van der Waals surface area (Å²) in [6, 6.07) is 13.4. The number of esters is 1. The lowest BCUT2D eigenvalue weighted by molar-refractivity contribution is -0.159. The fourth-order valence-electron chi connectivity index (χ4n) is 4.11. The number of amides is 1. The standard InChI is InChI=1S/C24H28N4O4/c1-25-16-21(27(2)17-20-12-9-15-26-20)28(3)23(30)32-18-31-22(29)24(13-7-8-14-24)19-10-5-4-6-11-19/h4-6,9-12,15-16,26H,7-8,13-14,17-18H2,2-3H3. The van der Waals surface area contributed by atoms with E-state index >= 15 is 0 Å². The van der Waals surface area contributed by atoms with Crippen LogP contribution in [0.1, 0.15) is 36.9 Å². The van der Waals surface area contributed by atoms with Crippen molar-refractivity contribution in [2.24, 2.45) is 0 Å². The van der Waals surface area contributed by atoms with Crippen LogP contribution in [-0.4, -0.2) is 47.7 Å². The van der Waals surface area contributed by atoms with Gasteiger partial charge in [0.2, 0.25) is 6.79 Å². The van der Waals surface area contributed by atoms with Crippen molar-refractivity contribution in [1.29, 1.82) is 0 Å². The molecule has 1 fully saturated rings. The molecule has 0 spiro atoms. The Hall–Kier alpha value is -3.73. The summed E-state index contributed by atoms with van der Waals surface area (Å²) in [7, 11) is 3.28. The maximum atomic E-state index is 13.0. The van der Waals surface area contributed by atoms with Crippen molar-refractivity contribution in [3.8, 4) is 0 Å². The van der Waals surface area contributed by atoms with Crippen molar-refractivity contribution < 1.29 is 19.1 Å². The van der Waals surface area contributed by atoms with Crippen molar-refractivity contribution >= 4 is 12.1 Å². The van der Waals surface area contributed by atoms with Crippen LogP contribution < -0.4 is 0 Å². The molecule has 8 heteroatoms. The topological polar surface area (TPSA) is 79.2 Å². The van der Waals surface area contributed by atoms with Gasteiger partial charge in [0, 0.05) is 26.0 Å². The fourth-order valence-corrected chi connectivity index (χ4v) is 4.11. The molecule has 0 saturated heterocycles. The maximum absolute atomic E-state index is 13.0. The van der Waals surface area contributed by atoms with E-state index in [9.17, 15) is 9.59 Å². The van der Waals surface area contributed by atoms with E-state index < -0.39 is 18.3 Å². The number of hydrogen-bond donors (Lipinski definition) is 1.